The molecule has 0 spiro atoms. The summed E-state index contributed by atoms with van der Waals surface area (Å²) in [5.74, 6) is 0.239. The molecule has 1 N–H and O–H groups in total. The number of hydrogen-bond donors (Lipinski definition) is 1. The summed E-state index contributed by atoms with van der Waals surface area (Å²) in [5, 5.41) is 15.8. The van der Waals surface area contributed by atoms with Crippen LogP contribution in [0.5, 0.6) is 17.2 Å². The van der Waals surface area contributed by atoms with Gasteiger partial charge in [-0.3, -0.25) is 14.2 Å². The summed E-state index contributed by atoms with van der Waals surface area (Å²) in [4.78, 5) is 19.6. The van der Waals surface area contributed by atoms with Crippen LogP contribution in [0.4, 0.5) is 14.5 Å². The summed E-state index contributed by atoms with van der Waals surface area (Å²) in [7, 11) is 3.72. The Kier molecular flexibility index (Phi) is 6.59. The van der Waals surface area contributed by atoms with Gasteiger partial charge in [-0.15, -0.1) is 0 Å². The Labute approximate surface area is 226 Å². The van der Waals surface area contributed by atoms with Gasteiger partial charge in [0, 0.05) is 32.2 Å². The molecule has 1 aromatic carbocycles. The van der Waals surface area contributed by atoms with Crippen LogP contribution in [0, 0.1) is 0 Å². The molecule has 0 bridgehead atoms. The molecule has 0 radical (unpaired) electrons. The third-order valence-electron chi connectivity index (χ3n) is 6.58. The first kappa shape index (κ1) is 25.4. The number of nitrogens with zero attached hydrogens (tertiary/aromatic N) is 8. The van der Waals surface area contributed by atoms with Gasteiger partial charge in [0.1, 0.15) is 22.8 Å². The number of likely N-dealkylation sites (tertiary alicyclic amines) is 1. The summed E-state index contributed by atoms with van der Waals surface area (Å²) < 4.78 is 42.2. The van der Waals surface area contributed by atoms with Crippen molar-refractivity contribution in [3.63, 3.8) is 0 Å². The quantitative estimate of drug-likeness (QED) is 0.310. The monoisotopic (exact) mass is 549 g/mol. The number of carbonyl (C=O) groups excluding carboxylic acids is 1. The Bertz CT molecular complexity index is 1680. The number of amides is 1. The van der Waals surface area contributed by atoms with Crippen molar-refractivity contribution in [1.82, 2.24) is 39.1 Å². The molecule has 4 aromatic heterocycles. The van der Waals surface area contributed by atoms with Crippen LogP contribution in [-0.2, 0) is 7.05 Å². The molecule has 5 aromatic rings. The molecule has 206 valence electrons. The minimum absolute atomic E-state index is 0.126. The van der Waals surface area contributed by atoms with Gasteiger partial charge in [0.05, 0.1) is 35.9 Å². The predicted molar refractivity (Wildman–Crippen MR) is 140 cm³/mol. The number of hydrogen-bond acceptors (Lipinski definition) is 8. The van der Waals surface area contributed by atoms with E-state index in [4.69, 9.17) is 9.47 Å². The van der Waals surface area contributed by atoms with Crippen LogP contribution in [0.3, 0.4) is 0 Å². The van der Waals surface area contributed by atoms with Crippen LogP contribution >= 0.6 is 0 Å². The van der Waals surface area contributed by atoms with Crippen molar-refractivity contribution in [3.05, 3.63) is 67.0 Å². The molecular formula is C26H25F2N9O3. The average molecular weight is 550 g/mol. The van der Waals surface area contributed by atoms with Crippen molar-refractivity contribution < 1.29 is 23.0 Å². The third-order valence-corrected chi connectivity index (χ3v) is 6.58. The van der Waals surface area contributed by atoms with Crippen molar-refractivity contribution in [3.8, 4) is 28.5 Å². The number of aromatic nitrogens is 7. The fourth-order valence-corrected chi connectivity index (χ4v) is 4.75. The zero-order chi connectivity index (χ0) is 27.8. The Hall–Kier alpha value is -4.85. The lowest BCUT2D eigenvalue weighted by Gasteiger charge is -2.13. The van der Waals surface area contributed by atoms with Gasteiger partial charge >= 0.3 is 6.61 Å². The number of benzene rings is 1. The highest BCUT2D eigenvalue weighted by Crippen LogP contribution is 2.39. The predicted octanol–water partition coefficient (Wildman–Crippen LogP) is 3.85. The van der Waals surface area contributed by atoms with Crippen LogP contribution in [0.15, 0.2) is 61.4 Å². The van der Waals surface area contributed by atoms with E-state index in [1.807, 2.05) is 10.9 Å². The van der Waals surface area contributed by atoms with Crippen molar-refractivity contribution in [1.29, 1.82) is 0 Å². The number of aryl methyl sites for hydroxylation is 1. The fraction of sp³-hybridized carbons (Fsp3) is 0.269. The molecule has 1 amide bonds. The van der Waals surface area contributed by atoms with Gasteiger partial charge in [0.15, 0.2) is 11.4 Å². The number of nitrogens with one attached hydrogen (secondary N) is 1. The van der Waals surface area contributed by atoms with Crippen LogP contribution in [-0.4, -0.2) is 71.7 Å². The van der Waals surface area contributed by atoms with E-state index in [2.05, 4.69) is 37.5 Å². The van der Waals surface area contributed by atoms with Crippen LogP contribution in [0.25, 0.3) is 16.9 Å². The van der Waals surface area contributed by atoms with Gasteiger partial charge < -0.3 is 19.7 Å². The molecule has 14 heteroatoms. The zero-order valence-electron chi connectivity index (χ0n) is 21.6. The third kappa shape index (κ3) is 5.08. The summed E-state index contributed by atoms with van der Waals surface area (Å²) in [6.45, 7) is -1.18. The second-order valence-corrected chi connectivity index (χ2v) is 9.46. The highest BCUT2D eigenvalue weighted by Gasteiger charge is 2.24. The van der Waals surface area contributed by atoms with E-state index in [0.29, 0.717) is 17.1 Å². The van der Waals surface area contributed by atoms with Crippen LogP contribution in [0.2, 0.25) is 0 Å². The maximum absolute atomic E-state index is 13.3. The van der Waals surface area contributed by atoms with Gasteiger partial charge in [-0.1, -0.05) is 0 Å². The molecule has 40 heavy (non-hydrogen) atoms. The molecule has 0 unspecified atom stereocenters. The molecule has 1 atom stereocenters. The number of anilines is 1. The second kappa shape index (κ2) is 10.4. The van der Waals surface area contributed by atoms with Crippen LogP contribution in [0.1, 0.15) is 22.8 Å². The van der Waals surface area contributed by atoms with Crippen molar-refractivity contribution in [2.45, 2.75) is 19.1 Å². The lowest BCUT2D eigenvalue weighted by atomic mass is 10.1. The minimum Gasteiger partial charge on any atom is -0.454 e. The van der Waals surface area contributed by atoms with Gasteiger partial charge in [0.25, 0.3) is 5.91 Å². The minimum atomic E-state index is -3.07. The molecule has 0 aliphatic carbocycles. The lowest BCUT2D eigenvalue weighted by Crippen LogP contribution is -2.16. The highest BCUT2D eigenvalue weighted by molar-refractivity contribution is 6.09. The molecule has 6 rings (SSSR count). The summed E-state index contributed by atoms with van der Waals surface area (Å²) in [6, 6.07) is 6.38. The van der Waals surface area contributed by atoms with E-state index in [1.165, 1.54) is 33.6 Å². The smallest absolute Gasteiger partial charge is 0.387 e. The lowest BCUT2D eigenvalue weighted by molar-refractivity contribution is -0.0494. The Morgan fingerprint density at radius 1 is 1.15 bits per heavy atom. The van der Waals surface area contributed by atoms with E-state index < -0.39 is 12.5 Å². The standard InChI is InChI=1S/C26H25F2N9O3/c1-34-9-6-16(13-34)37-14-18(11-30-37)39-17-4-5-22(40-26(27)28)19(10-17)23-21(15-35(2)33-23)32-25(38)20-12-31-36-8-3-7-29-24(20)36/h3-5,7-8,10-12,14-16,26H,6,9,13H2,1-2H3,(H,32,38)/t16-/m0/s1. The van der Waals surface area contributed by atoms with Crippen molar-refractivity contribution in [2.24, 2.45) is 7.05 Å². The average Bonchev–Trinajstić information content (AvgIpc) is 3.71. The van der Waals surface area contributed by atoms with E-state index in [-0.39, 0.29) is 34.3 Å². The highest BCUT2D eigenvalue weighted by atomic mass is 19.3. The summed E-state index contributed by atoms with van der Waals surface area (Å²) >= 11 is 0. The number of carbonyl (C=O) groups is 1. The summed E-state index contributed by atoms with van der Waals surface area (Å²) in [6.07, 6.45) is 10.6. The molecule has 1 saturated heterocycles. The molecule has 1 fully saturated rings. The normalized spacial score (nSPS) is 15.7. The Morgan fingerprint density at radius 3 is 2.83 bits per heavy atom. The van der Waals surface area contributed by atoms with Gasteiger partial charge in [-0.05, 0) is 44.3 Å². The second-order valence-electron chi connectivity index (χ2n) is 9.46. The number of fused-ring (bicyclic) bond motifs is 1. The SMILES string of the molecule is CN1CC[C@H](n2cc(Oc3ccc(OC(F)F)c(-c4nn(C)cc4NC(=O)c4cnn5cccnc45)c3)cn2)C1. The Balaban J connectivity index is 1.31. The van der Waals surface area contributed by atoms with Gasteiger partial charge in [-0.25, -0.2) is 9.50 Å². The molecular weight excluding hydrogens is 524 g/mol. The number of ether oxygens (including phenoxy) is 2. The zero-order valence-corrected chi connectivity index (χ0v) is 21.6. The van der Waals surface area contributed by atoms with Crippen molar-refractivity contribution >= 4 is 17.2 Å². The topological polar surface area (TPSA) is 117 Å². The first-order valence-electron chi connectivity index (χ1n) is 12.5. The number of rotatable bonds is 8. The maximum atomic E-state index is 13.3. The molecule has 0 saturated carbocycles. The number of alkyl halides is 2. The van der Waals surface area contributed by atoms with E-state index in [9.17, 15) is 13.6 Å². The van der Waals surface area contributed by atoms with E-state index in [0.717, 1.165) is 19.5 Å². The van der Waals surface area contributed by atoms with E-state index >= 15 is 0 Å². The van der Waals surface area contributed by atoms with Crippen molar-refractivity contribution in [2.75, 3.05) is 25.5 Å². The van der Waals surface area contributed by atoms with Crippen LogP contribution < -0.4 is 14.8 Å². The number of halogens is 2. The molecule has 5 heterocycles. The molecule has 1 aliphatic heterocycles. The van der Waals surface area contributed by atoms with Gasteiger partial charge in [-0.2, -0.15) is 24.1 Å². The molecule has 12 nitrogen and oxygen atoms in total. The van der Waals surface area contributed by atoms with Gasteiger partial charge in [0.2, 0.25) is 0 Å². The van der Waals surface area contributed by atoms with E-state index in [1.54, 1.807) is 37.9 Å². The maximum Gasteiger partial charge on any atom is 0.387 e. The number of likely N-dealkylation sites (N-methyl/N-ethyl adjacent to an activating group) is 1. The first-order valence-corrected chi connectivity index (χ1v) is 12.5. The summed E-state index contributed by atoms with van der Waals surface area (Å²) in [5.41, 5.74) is 1.30. The fourth-order valence-electron chi connectivity index (χ4n) is 4.75. The Morgan fingerprint density at radius 2 is 2.02 bits per heavy atom. The largest absolute Gasteiger partial charge is 0.454 e. The first-order chi connectivity index (χ1) is 19.3. The molecule has 1 aliphatic rings.